The van der Waals surface area contributed by atoms with Gasteiger partial charge >= 0.3 is 5.69 Å². The monoisotopic (exact) mass is 300 g/mol. The number of nitrogens with zero attached hydrogens (tertiary/aromatic N) is 1. The highest BCUT2D eigenvalue weighted by atomic mass is 35.5. The Labute approximate surface area is 125 Å². The standard InChI is InChI=1S/C14H20N2O3.ClH/c1-11-5-6-14(13(10-11)16(17)18)19-9-7-12-4-2-3-8-15-12;/h5-6,10,12,15H,2-4,7-9H2,1H3;1H. The van der Waals surface area contributed by atoms with Crippen LogP contribution < -0.4 is 10.1 Å². The summed E-state index contributed by atoms with van der Waals surface area (Å²) in [5.74, 6) is 0.367. The fourth-order valence-electron chi connectivity index (χ4n) is 2.37. The maximum atomic E-state index is 11.0. The molecule has 0 radical (unpaired) electrons. The normalized spacial score (nSPS) is 18.1. The molecular formula is C14H21ClN2O3. The van der Waals surface area contributed by atoms with E-state index in [9.17, 15) is 10.1 Å². The van der Waals surface area contributed by atoms with Crippen LogP contribution in [0.3, 0.4) is 0 Å². The number of nitro groups is 1. The van der Waals surface area contributed by atoms with Crippen LogP contribution in [0.4, 0.5) is 5.69 Å². The molecule has 1 fully saturated rings. The van der Waals surface area contributed by atoms with Gasteiger partial charge in [-0.2, -0.15) is 0 Å². The van der Waals surface area contributed by atoms with Crippen molar-refractivity contribution in [1.82, 2.24) is 5.32 Å². The van der Waals surface area contributed by atoms with Crippen molar-refractivity contribution in [3.63, 3.8) is 0 Å². The van der Waals surface area contributed by atoms with Crippen LogP contribution in [0.1, 0.15) is 31.2 Å². The van der Waals surface area contributed by atoms with Gasteiger partial charge in [0.2, 0.25) is 0 Å². The zero-order chi connectivity index (χ0) is 13.7. The van der Waals surface area contributed by atoms with Crippen molar-refractivity contribution in [2.45, 2.75) is 38.6 Å². The van der Waals surface area contributed by atoms with E-state index in [-0.39, 0.29) is 23.0 Å². The summed E-state index contributed by atoms with van der Waals surface area (Å²) in [5, 5.41) is 14.4. The maximum Gasteiger partial charge on any atom is 0.311 e. The quantitative estimate of drug-likeness (QED) is 0.670. The number of nitrogens with one attached hydrogen (secondary N) is 1. The Balaban J connectivity index is 0.00000200. The maximum absolute atomic E-state index is 11.0. The van der Waals surface area contributed by atoms with Gasteiger partial charge in [-0.15, -0.1) is 12.4 Å². The number of rotatable bonds is 5. The molecule has 1 atom stereocenters. The molecule has 0 saturated carbocycles. The number of ether oxygens (including phenoxy) is 1. The molecule has 1 aromatic carbocycles. The Hall–Kier alpha value is -1.33. The lowest BCUT2D eigenvalue weighted by Crippen LogP contribution is -2.35. The molecule has 1 N–H and O–H groups in total. The van der Waals surface area contributed by atoms with E-state index in [0.29, 0.717) is 18.4 Å². The van der Waals surface area contributed by atoms with Crippen LogP contribution in [0, 0.1) is 17.0 Å². The largest absolute Gasteiger partial charge is 0.487 e. The fraction of sp³-hybridized carbons (Fsp3) is 0.571. The number of aryl methyl sites for hydroxylation is 1. The summed E-state index contributed by atoms with van der Waals surface area (Å²) < 4.78 is 5.57. The van der Waals surface area contributed by atoms with Crippen molar-refractivity contribution in [3.8, 4) is 5.75 Å². The summed E-state index contributed by atoms with van der Waals surface area (Å²) in [7, 11) is 0. The van der Waals surface area contributed by atoms with Crippen molar-refractivity contribution in [2.24, 2.45) is 0 Å². The zero-order valence-electron chi connectivity index (χ0n) is 11.6. The molecule has 0 spiro atoms. The van der Waals surface area contributed by atoms with Crippen molar-refractivity contribution in [1.29, 1.82) is 0 Å². The Kier molecular flexibility index (Phi) is 6.75. The first kappa shape index (κ1) is 16.7. The Morgan fingerprint density at radius 2 is 2.25 bits per heavy atom. The van der Waals surface area contributed by atoms with Crippen molar-refractivity contribution in [2.75, 3.05) is 13.2 Å². The van der Waals surface area contributed by atoms with Gasteiger partial charge in [0, 0.05) is 12.1 Å². The molecule has 0 aromatic heterocycles. The Morgan fingerprint density at radius 1 is 1.45 bits per heavy atom. The minimum Gasteiger partial charge on any atom is -0.487 e. The lowest BCUT2D eigenvalue weighted by molar-refractivity contribution is -0.385. The first-order valence-electron chi connectivity index (χ1n) is 6.78. The SMILES string of the molecule is Cc1ccc(OCCC2CCCCN2)c([N+](=O)[O-])c1.Cl. The zero-order valence-corrected chi connectivity index (χ0v) is 12.4. The number of nitro benzene ring substituents is 1. The molecule has 1 aliphatic heterocycles. The number of hydrogen-bond acceptors (Lipinski definition) is 4. The highest BCUT2D eigenvalue weighted by molar-refractivity contribution is 5.85. The molecule has 0 aliphatic carbocycles. The van der Waals surface area contributed by atoms with Crippen molar-refractivity contribution >= 4 is 18.1 Å². The van der Waals surface area contributed by atoms with Crippen LogP contribution >= 0.6 is 12.4 Å². The van der Waals surface area contributed by atoms with Gasteiger partial charge in [-0.25, -0.2) is 0 Å². The van der Waals surface area contributed by atoms with E-state index in [4.69, 9.17) is 4.74 Å². The molecule has 0 amide bonds. The molecule has 1 saturated heterocycles. The van der Waals surface area contributed by atoms with Crippen molar-refractivity contribution < 1.29 is 9.66 Å². The molecule has 1 aromatic rings. The van der Waals surface area contributed by atoms with Gasteiger partial charge in [-0.05, 0) is 44.4 Å². The topological polar surface area (TPSA) is 64.4 Å². The van der Waals surface area contributed by atoms with Gasteiger partial charge in [0.1, 0.15) is 0 Å². The van der Waals surface area contributed by atoms with Gasteiger partial charge in [0.15, 0.2) is 5.75 Å². The number of hydrogen-bond donors (Lipinski definition) is 1. The Bertz CT molecular complexity index is 448. The number of piperidine rings is 1. The minimum atomic E-state index is -0.388. The molecule has 5 nitrogen and oxygen atoms in total. The minimum absolute atomic E-state index is 0. The highest BCUT2D eigenvalue weighted by Gasteiger charge is 2.16. The summed E-state index contributed by atoms with van der Waals surface area (Å²) >= 11 is 0. The number of benzene rings is 1. The van der Waals surface area contributed by atoms with Gasteiger partial charge in [-0.3, -0.25) is 10.1 Å². The lowest BCUT2D eigenvalue weighted by atomic mass is 10.0. The van der Waals surface area contributed by atoms with E-state index in [1.165, 1.54) is 19.3 Å². The molecular weight excluding hydrogens is 280 g/mol. The van der Waals surface area contributed by atoms with Gasteiger partial charge in [0.05, 0.1) is 11.5 Å². The van der Waals surface area contributed by atoms with E-state index in [1.54, 1.807) is 12.1 Å². The van der Waals surface area contributed by atoms with Crippen LogP contribution in [0.5, 0.6) is 5.75 Å². The van der Waals surface area contributed by atoms with Crippen LogP contribution in [0.25, 0.3) is 0 Å². The molecule has 6 heteroatoms. The lowest BCUT2D eigenvalue weighted by Gasteiger charge is -2.23. The molecule has 20 heavy (non-hydrogen) atoms. The number of halogens is 1. The van der Waals surface area contributed by atoms with Gasteiger partial charge in [0.25, 0.3) is 0 Å². The van der Waals surface area contributed by atoms with E-state index >= 15 is 0 Å². The van der Waals surface area contributed by atoms with Crippen molar-refractivity contribution in [3.05, 3.63) is 33.9 Å². The van der Waals surface area contributed by atoms with E-state index < -0.39 is 0 Å². The summed E-state index contributed by atoms with van der Waals surface area (Å²) in [5.41, 5.74) is 0.921. The third kappa shape index (κ3) is 4.65. The molecule has 2 rings (SSSR count). The molecule has 1 heterocycles. The molecule has 0 bridgehead atoms. The summed E-state index contributed by atoms with van der Waals surface area (Å²) in [6, 6.07) is 5.55. The highest BCUT2D eigenvalue weighted by Crippen LogP contribution is 2.28. The molecule has 1 unspecified atom stereocenters. The first-order chi connectivity index (χ1) is 9.16. The second kappa shape index (κ2) is 8.07. The van der Waals surface area contributed by atoms with E-state index in [1.807, 2.05) is 13.0 Å². The smallest absolute Gasteiger partial charge is 0.311 e. The first-order valence-corrected chi connectivity index (χ1v) is 6.78. The van der Waals surface area contributed by atoms with Crippen LogP contribution in [-0.2, 0) is 0 Å². The third-order valence-corrected chi connectivity index (χ3v) is 3.45. The average Bonchev–Trinajstić information content (AvgIpc) is 2.41. The second-order valence-corrected chi connectivity index (χ2v) is 5.01. The average molecular weight is 301 g/mol. The predicted molar refractivity (Wildman–Crippen MR) is 80.8 cm³/mol. The van der Waals surface area contributed by atoms with Crippen LogP contribution in [0.15, 0.2) is 18.2 Å². The second-order valence-electron chi connectivity index (χ2n) is 5.01. The summed E-state index contributed by atoms with van der Waals surface area (Å²) in [4.78, 5) is 10.6. The predicted octanol–water partition coefficient (Wildman–Crippen LogP) is 3.24. The Morgan fingerprint density at radius 3 is 2.90 bits per heavy atom. The van der Waals surface area contributed by atoms with E-state index in [2.05, 4.69) is 5.32 Å². The van der Waals surface area contributed by atoms with Gasteiger partial charge in [-0.1, -0.05) is 12.5 Å². The third-order valence-electron chi connectivity index (χ3n) is 3.45. The summed E-state index contributed by atoms with van der Waals surface area (Å²) in [6.07, 6.45) is 4.55. The summed E-state index contributed by atoms with van der Waals surface area (Å²) in [6.45, 7) is 3.42. The molecule has 112 valence electrons. The van der Waals surface area contributed by atoms with Crippen LogP contribution in [-0.4, -0.2) is 24.1 Å². The van der Waals surface area contributed by atoms with E-state index in [0.717, 1.165) is 18.5 Å². The van der Waals surface area contributed by atoms with Crippen LogP contribution in [0.2, 0.25) is 0 Å². The fourth-order valence-corrected chi connectivity index (χ4v) is 2.37. The molecule has 1 aliphatic rings. The van der Waals surface area contributed by atoms with Gasteiger partial charge < -0.3 is 10.1 Å².